The van der Waals surface area contributed by atoms with Crippen LogP contribution in [0.1, 0.15) is 79.9 Å². The number of aromatic nitrogens is 4. The Kier molecular flexibility index (Phi) is 9.91. The molecule has 0 saturated heterocycles. The zero-order valence-electron chi connectivity index (χ0n) is 22.7. The highest BCUT2D eigenvalue weighted by atomic mass is 16.2. The van der Waals surface area contributed by atoms with Gasteiger partial charge in [0.05, 0.1) is 13.1 Å². The van der Waals surface area contributed by atoms with Gasteiger partial charge in [0, 0.05) is 49.0 Å². The molecular formula is C29H43N7O. The van der Waals surface area contributed by atoms with Gasteiger partial charge in [0.1, 0.15) is 11.6 Å². The van der Waals surface area contributed by atoms with Gasteiger partial charge in [-0.25, -0.2) is 9.97 Å². The van der Waals surface area contributed by atoms with Crippen LogP contribution >= 0.6 is 0 Å². The molecule has 8 nitrogen and oxygen atoms in total. The highest BCUT2D eigenvalue weighted by Gasteiger charge is 2.27. The number of benzene rings is 1. The molecule has 2 aromatic heterocycles. The van der Waals surface area contributed by atoms with Crippen molar-refractivity contribution in [1.82, 2.24) is 34.6 Å². The first-order valence-electron chi connectivity index (χ1n) is 13.9. The molecule has 1 saturated carbocycles. The number of nitrogens with zero attached hydrogens (tertiary/aromatic N) is 5. The number of hydrogen-bond acceptors (Lipinski definition) is 5. The molecule has 8 heteroatoms. The number of carbonyl (C=O) groups excluding carboxylic acids is 1. The molecule has 37 heavy (non-hydrogen) atoms. The second kappa shape index (κ2) is 13.5. The standard InChI is InChI=1S/C29H43N7O/c1-4-18-35(19-5-2)26-12-10-25(11-13-26)34(3)20-23-6-8-24(9-7-23)29(37)36(21-27-30-14-15-31-27)22-28-32-16-17-33-28/h6-9,14-17,25-26H,4-5,10-13,18-22H2,1-3H3,(H,30,31)(H,32,33)/t25-,26-. The molecule has 2 N–H and O–H groups in total. The lowest BCUT2D eigenvalue weighted by Crippen LogP contribution is -2.43. The van der Waals surface area contributed by atoms with E-state index in [1.54, 1.807) is 29.7 Å². The molecule has 1 aromatic carbocycles. The SMILES string of the molecule is CCCN(CCC)[C@H]1CC[C@H](N(C)Cc2ccc(C(=O)N(Cc3ncc[nH]3)Cc3ncc[nH]3)cc2)CC1. The van der Waals surface area contributed by atoms with Crippen LogP contribution in [-0.4, -0.2) is 72.8 Å². The molecular weight excluding hydrogens is 462 g/mol. The summed E-state index contributed by atoms with van der Waals surface area (Å²) in [6.45, 7) is 8.73. The van der Waals surface area contributed by atoms with Gasteiger partial charge in [-0.15, -0.1) is 0 Å². The maximum Gasteiger partial charge on any atom is 0.254 e. The third-order valence-electron chi connectivity index (χ3n) is 7.54. The fourth-order valence-electron chi connectivity index (χ4n) is 5.60. The van der Waals surface area contributed by atoms with Crippen molar-refractivity contribution in [2.75, 3.05) is 20.1 Å². The first-order chi connectivity index (χ1) is 18.1. The monoisotopic (exact) mass is 505 g/mol. The summed E-state index contributed by atoms with van der Waals surface area (Å²) in [6, 6.07) is 9.47. The van der Waals surface area contributed by atoms with E-state index in [-0.39, 0.29) is 5.91 Å². The van der Waals surface area contributed by atoms with Crippen molar-refractivity contribution in [2.24, 2.45) is 0 Å². The topological polar surface area (TPSA) is 84.2 Å². The van der Waals surface area contributed by atoms with E-state index in [1.165, 1.54) is 57.2 Å². The van der Waals surface area contributed by atoms with Gasteiger partial charge in [-0.1, -0.05) is 26.0 Å². The lowest BCUT2D eigenvalue weighted by Gasteiger charge is -2.39. The molecule has 200 valence electrons. The molecule has 0 aliphatic heterocycles. The Morgan fingerprint density at radius 3 is 1.86 bits per heavy atom. The summed E-state index contributed by atoms with van der Waals surface area (Å²) in [6.07, 6.45) is 14.5. The minimum absolute atomic E-state index is 0.0326. The van der Waals surface area contributed by atoms with Crippen LogP contribution in [-0.2, 0) is 19.6 Å². The van der Waals surface area contributed by atoms with Crippen LogP contribution in [0.25, 0.3) is 0 Å². The van der Waals surface area contributed by atoms with E-state index in [1.807, 2.05) is 12.1 Å². The Balaban J connectivity index is 1.33. The quantitative estimate of drug-likeness (QED) is 0.347. The van der Waals surface area contributed by atoms with Crippen molar-refractivity contribution in [1.29, 1.82) is 0 Å². The lowest BCUT2D eigenvalue weighted by atomic mass is 9.89. The fourth-order valence-corrected chi connectivity index (χ4v) is 5.60. The predicted molar refractivity (Wildman–Crippen MR) is 147 cm³/mol. The van der Waals surface area contributed by atoms with E-state index < -0.39 is 0 Å². The molecule has 4 rings (SSSR count). The van der Waals surface area contributed by atoms with Crippen molar-refractivity contribution in [3.05, 3.63) is 71.8 Å². The zero-order valence-corrected chi connectivity index (χ0v) is 22.7. The summed E-state index contributed by atoms with van der Waals surface area (Å²) >= 11 is 0. The minimum Gasteiger partial charge on any atom is -0.347 e. The van der Waals surface area contributed by atoms with E-state index in [9.17, 15) is 4.79 Å². The van der Waals surface area contributed by atoms with Crippen LogP contribution in [0.4, 0.5) is 0 Å². The number of amides is 1. The van der Waals surface area contributed by atoms with E-state index in [4.69, 9.17) is 0 Å². The first-order valence-corrected chi connectivity index (χ1v) is 13.9. The lowest BCUT2D eigenvalue weighted by molar-refractivity contribution is 0.0721. The summed E-state index contributed by atoms with van der Waals surface area (Å²) in [4.78, 5) is 35.1. The Labute approximate surface area is 221 Å². The number of aromatic amines is 2. The first kappa shape index (κ1) is 27.1. The second-order valence-electron chi connectivity index (χ2n) is 10.3. The summed E-state index contributed by atoms with van der Waals surface area (Å²) < 4.78 is 0. The predicted octanol–water partition coefficient (Wildman–Crippen LogP) is 4.84. The largest absolute Gasteiger partial charge is 0.347 e. The summed E-state index contributed by atoms with van der Waals surface area (Å²) in [7, 11) is 2.24. The van der Waals surface area contributed by atoms with Gasteiger partial charge < -0.3 is 19.8 Å². The van der Waals surface area contributed by atoms with Gasteiger partial charge >= 0.3 is 0 Å². The molecule has 1 amide bonds. The average Bonchev–Trinajstić information content (AvgIpc) is 3.63. The van der Waals surface area contributed by atoms with Crippen molar-refractivity contribution in [3.63, 3.8) is 0 Å². The van der Waals surface area contributed by atoms with Gasteiger partial charge in [0.25, 0.3) is 5.91 Å². The Bertz CT molecular complexity index is 998. The number of imidazole rings is 2. The van der Waals surface area contributed by atoms with Crippen LogP contribution in [0.5, 0.6) is 0 Å². The summed E-state index contributed by atoms with van der Waals surface area (Å²) in [5.74, 6) is 1.47. The Morgan fingerprint density at radius 2 is 1.38 bits per heavy atom. The van der Waals surface area contributed by atoms with Gasteiger partial charge in [-0.3, -0.25) is 9.69 Å². The van der Waals surface area contributed by atoms with E-state index in [2.05, 4.69) is 62.8 Å². The number of hydrogen-bond donors (Lipinski definition) is 2. The van der Waals surface area contributed by atoms with Crippen LogP contribution in [0.15, 0.2) is 49.1 Å². The molecule has 2 heterocycles. The summed E-state index contributed by atoms with van der Waals surface area (Å²) in [5, 5.41) is 0. The fraction of sp³-hybridized carbons (Fsp3) is 0.552. The van der Waals surface area contributed by atoms with Gasteiger partial charge in [-0.2, -0.15) is 0 Å². The molecule has 1 aliphatic carbocycles. The summed E-state index contributed by atoms with van der Waals surface area (Å²) in [5.41, 5.74) is 1.92. The molecule has 0 bridgehead atoms. The van der Waals surface area contributed by atoms with Gasteiger partial charge in [0.15, 0.2) is 0 Å². The second-order valence-corrected chi connectivity index (χ2v) is 10.3. The van der Waals surface area contributed by atoms with Crippen LogP contribution in [0.2, 0.25) is 0 Å². The molecule has 0 radical (unpaired) electrons. The molecule has 1 aliphatic rings. The van der Waals surface area contributed by atoms with Crippen molar-refractivity contribution in [3.8, 4) is 0 Å². The number of carbonyl (C=O) groups is 1. The Hall–Kier alpha value is -2.97. The van der Waals surface area contributed by atoms with Crippen LogP contribution in [0, 0.1) is 0 Å². The third kappa shape index (κ3) is 7.52. The van der Waals surface area contributed by atoms with E-state index in [0.717, 1.165) is 24.2 Å². The minimum atomic E-state index is -0.0326. The van der Waals surface area contributed by atoms with Crippen LogP contribution < -0.4 is 0 Å². The number of H-pyrrole nitrogens is 2. The third-order valence-corrected chi connectivity index (χ3v) is 7.54. The smallest absolute Gasteiger partial charge is 0.254 e. The van der Waals surface area contributed by atoms with Gasteiger partial charge in [0.2, 0.25) is 0 Å². The number of rotatable bonds is 13. The van der Waals surface area contributed by atoms with Crippen molar-refractivity contribution >= 4 is 5.91 Å². The van der Waals surface area contributed by atoms with E-state index in [0.29, 0.717) is 24.7 Å². The van der Waals surface area contributed by atoms with Crippen molar-refractivity contribution < 1.29 is 4.79 Å². The molecule has 0 spiro atoms. The maximum atomic E-state index is 13.4. The maximum absolute atomic E-state index is 13.4. The highest BCUT2D eigenvalue weighted by Crippen LogP contribution is 2.27. The average molecular weight is 506 g/mol. The van der Waals surface area contributed by atoms with Crippen molar-refractivity contribution in [2.45, 2.75) is 84.1 Å². The molecule has 1 fully saturated rings. The van der Waals surface area contributed by atoms with Gasteiger partial charge in [-0.05, 0) is 76.4 Å². The van der Waals surface area contributed by atoms with Crippen LogP contribution in [0.3, 0.4) is 0 Å². The zero-order chi connectivity index (χ0) is 26.0. The normalized spacial score (nSPS) is 18.0. The number of nitrogens with one attached hydrogen (secondary N) is 2. The molecule has 3 aromatic rings. The highest BCUT2D eigenvalue weighted by molar-refractivity contribution is 5.94. The van der Waals surface area contributed by atoms with E-state index >= 15 is 0 Å². The molecule has 0 unspecified atom stereocenters. The Morgan fingerprint density at radius 1 is 0.838 bits per heavy atom. The molecule has 0 atom stereocenters.